The van der Waals surface area contributed by atoms with Gasteiger partial charge in [0.1, 0.15) is 0 Å². The van der Waals surface area contributed by atoms with Gasteiger partial charge in [-0.1, -0.05) is 12.1 Å². The van der Waals surface area contributed by atoms with E-state index in [-0.39, 0.29) is 18.2 Å². The summed E-state index contributed by atoms with van der Waals surface area (Å²) in [4.78, 5) is 9.91. The van der Waals surface area contributed by atoms with Crippen molar-refractivity contribution in [1.29, 1.82) is 0 Å². The van der Waals surface area contributed by atoms with E-state index in [1.807, 2.05) is 6.92 Å². The number of nitrogens with zero attached hydrogens (tertiary/aromatic N) is 3. The fourth-order valence-electron chi connectivity index (χ4n) is 1.71. The van der Waals surface area contributed by atoms with Crippen LogP contribution in [0.25, 0.3) is 0 Å². The Morgan fingerprint density at radius 2 is 2.32 bits per heavy atom. The Balaban J connectivity index is 2.28. The number of hydrogen-bond acceptors (Lipinski definition) is 4. The molecule has 0 fully saturated rings. The average molecular weight is 264 g/mol. The van der Waals surface area contributed by atoms with Gasteiger partial charge < -0.3 is 5.73 Å². The second-order valence-electron chi connectivity index (χ2n) is 4.27. The van der Waals surface area contributed by atoms with Crippen LogP contribution in [0, 0.1) is 15.9 Å². The second-order valence-corrected chi connectivity index (χ2v) is 4.27. The molecule has 0 spiro atoms. The zero-order chi connectivity index (χ0) is 14.0. The molecule has 1 atom stereocenters. The first-order chi connectivity index (χ1) is 8.99. The Bertz CT molecular complexity index is 610. The number of hydrogen-bond donors (Lipinski definition) is 1. The molecule has 2 rings (SSSR count). The van der Waals surface area contributed by atoms with Gasteiger partial charge in [0.05, 0.1) is 17.7 Å². The third kappa shape index (κ3) is 2.76. The molecule has 0 radical (unpaired) electrons. The standard InChI is InChI=1S/C12H13FN4O2/c1-8(14)10-5-15-16(7-10)6-9-3-2-4-11(12(9)13)17(18)19/h2-5,7-8H,6,14H2,1H3. The van der Waals surface area contributed by atoms with Gasteiger partial charge in [0.15, 0.2) is 0 Å². The Hall–Kier alpha value is -2.28. The van der Waals surface area contributed by atoms with Gasteiger partial charge in [-0.2, -0.15) is 9.49 Å². The Labute approximate surface area is 108 Å². The molecule has 0 aliphatic carbocycles. The number of aromatic nitrogens is 2. The van der Waals surface area contributed by atoms with Crippen molar-refractivity contribution < 1.29 is 9.31 Å². The normalized spacial score (nSPS) is 12.4. The van der Waals surface area contributed by atoms with Crippen LogP contribution in [-0.2, 0) is 6.54 Å². The van der Waals surface area contributed by atoms with Gasteiger partial charge in [-0.15, -0.1) is 0 Å². The zero-order valence-electron chi connectivity index (χ0n) is 10.3. The number of nitro groups is 1. The fraction of sp³-hybridized carbons (Fsp3) is 0.250. The summed E-state index contributed by atoms with van der Waals surface area (Å²) < 4.78 is 15.4. The van der Waals surface area contributed by atoms with E-state index in [1.54, 1.807) is 12.4 Å². The van der Waals surface area contributed by atoms with E-state index in [0.717, 1.165) is 11.6 Å². The third-order valence-corrected chi connectivity index (χ3v) is 2.77. The van der Waals surface area contributed by atoms with Crippen LogP contribution in [0.4, 0.5) is 10.1 Å². The van der Waals surface area contributed by atoms with Gasteiger partial charge in [0, 0.05) is 29.4 Å². The number of rotatable bonds is 4. The van der Waals surface area contributed by atoms with Crippen LogP contribution >= 0.6 is 0 Å². The second kappa shape index (κ2) is 5.15. The van der Waals surface area contributed by atoms with E-state index in [2.05, 4.69) is 5.10 Å². The van der Waals surface area contributed by atoms with Crippen LogP contribution in [0.1, 0.15) is 24.1 Å². The Kier molecular flexibility index (Phi) is 3.57. The minimum Gasteiger partial charge on any atom is -0.324 e. The van der Waals surface area contributed by atoms with Crippen LogP contribution in [-0.4, -0.2) is 14.7 Å². The Morgan fingerprint density at radius 1 is 1.58 bits per heavy atom. The first kappa shape index (κ1) is 13.2. The molecule has 0 aliphatic heterocycles. The van der Waals surface area contributed by atoms with Crippen molar-refractivity contribution in [2.24, 2.45) is 5.73 Å². The molecule has 6 nitrogen and oxygen atoms in total. The summed E-state index contributed by atoms with van der Waals surface area (Å²) in [5.41, 5.74) is 6.21. The highest BCUT2D eigenvalue weighted by atomic mass is 19.1. The monoisotopic (exact) mass is 264 g/mol. The quantitative estimate of drug-likeness (QED) is 0.675. The smallest absolute Gasteiger partial charge is 0.305 e. The fourth-order valence-corrected chi connectivity index (χ4v) is 1.71. The van der Waals surface area contributed by atoms with Gasteiger partial charge in [0.25, 0.3) is 0 Å². The molecule has 0 bridgehead atoms. The molecule has 7 heteroatoms. The van der Waals surface area contributed by atoms with E-state index in [9.17, 15) is 14.5 Å². The first-order valence-corrected chi connectivity index (χ1v) is 5.68. The molecule has 1 aromatic carbocycles. The molecule has 2 N–H and O–H groups in total. The van der Waals surface area contributed by atoms with Crippen molar-refractivity contribution in [2.45, 2.75) is 19.5 Å². The minimum atomic E-state index is -0.828. The summed E-state index contributed by atoms with van der Waals surface area (Å²) in [6.45, 7) is 1.94. The summed E-state index contributed by atoms with van der Waals surface area (Å²) in [6.07, 6.45) is 3.29. The van der Waals surface area contributed by atoms with Gasteiger partial charge in [-0.3, -0.25) is 14.8 Å². The van der Waals surface area contributed by atoms with E-state index in [0.29, 0.717) is 0 Å². The summed E-state index contributed by atoms with van der Waals surface area (Å²) in [5, 5.41) is 14.7. The number of nitrogens with two attached hydrogens (primary N) is 1. The van der Waals surface area contributed by atoms with E-state index >= 15 is 0 Å². The topological polar surface area (TPSA) is 87.0 Å². The van der Waals surface area contributed by atoms with Crippen molar-refractivity contribution in [3.8, 4) is 0 Å². The van der Waals surface area contributed by atoms with Gasteiger partial charge in [-0.25, -0.2) is 0 Å². The number of nitro benzene ring substituents is 1. The lowest BCUT2D eigenvalue weighted by atomic mass is 10.2. The maximum atomic E-state index is 13.9. The zero-order valence-corrected chi connectivity index (χ0v) is 10.3. The summed E-state index contributed by atoms with van der Waals surface area (Å²) in [7, 11) is 0. The van der Waals surface area contributed by atoms with Crippen molar-refractivity contribution in [3.05, 3.63) is 57.7 Å². The summed E-state index contributed by atoms with van der Waals surface area (Å²) in [6, 6.07) is 3.92. The molecule has 100 valence electrons. The minimum absolute atomic E-state index is 0.125. The predicted octanol–water partition coefficient (Wildman–Crippen LogP) is 2.00. The highest BCUT2D eigenvalue weighted by Gasteiger charge is 2.17. The third-order valence-electron chi connectivity index (χ3n) is 2.77. The molecule has 0 saturated carbocycles. The van der Waals surface area contributed by atoms with Gasteiger partial charge in [0.2, 0.25) is 5.82 Å². The molecule has 1 unspecified atom stereocenters. The van der Waals surface area contributed by atoms with Crippen molar-refractivity contribution in [2.75, 3.05) is 0 Å². The molecule has 0 aliphatic rings. The average Bonchev–Trinajstić information content (AvgIpc) is 2.80. The van der Waals surface area contributed by atoms with Crippen LogP contribution < -0.4 is 5.73 Å². The largest absolute Gasteiger partial charge is 0.324 e. The molecule has 0 amide bonds. The maximum Gasteiger partial charge on any atom is 0.305 e. The summed E-state index contributed by atoms with van der Waals surface area (Å²) >= 11 is 0. The van der Waals surface area contributed by atoms with Crippen LogP contribution in [0.15, 0.2) is 30.6 Å². The first-order valence-electron chi connectivity index (χ1n) is 5.68. The number of benzene rings is 1. The van der Waals surface area contributed by atoms with Crippen molar-refractivity contribution >= 4 is 5.69 Å². The molecule has 19 heavy (non-hydrogen) atoms. The number of halogens is 1. The lowest BCUT2D eigenvalue weighted by Crippen LogP contribution is -2.05. The van der Waals surface area contributed by atoms with Gasteiger partial charge in [-0.05, 0) is 6.92 Å². The highest BCUT2D eigenvalue weighted by molar-refractivity contribution is 5.36. The molecule has 1 heterocycles. The SMILES string of the molecule is CC(N)c1cnn(Cc2cccc([N+](=O)[O-])c2F)c1. The lowest BCUT2D eigenvalue weighted by Gasteiger charge is -2.04. The highest BCUT2D eigenvalue weighted by Crippen LogP contribution is 2.21. The van der Waals surface area contributed by atoms with E-state index in [4.69, 9.17) is 5.73 Å². The lowest BCUT2D eigenvalue weighted by molar-refractivity contribution is -0.387. The van der Waals surface area contributed by atoms with Crippen LogP contribution in [0.2, 0.25) is 0 Å². The molecular weight excluding hydrogens is 251 g/mol. The van der Waals surface area contributed by atoms with Crippen molar-refractivity contribution in [1.82, 2.24) is 9.78 Å². The van der Waals surface area contributed by atoms with Gasteiger partial charge >= 0.3 is 5.69 Å². The van der Waals surface area contributed by atoms with E-state index in [1.165, 1.54) is 16.8 Å². The molecular formula is C12H13FN4O2. The Morgan fingerprint density at radius 3 is 2.89 bits per heavy atom. The molecule has 1 aromatic heterocycles. The van der Waals surface area contributed by atoms with Crippen molar-refractivity contribution in [3.63, 3.8) is 0 Å². The van der Waals surface area contributed by atoms with Crippen LogP contribution in [0.5, 0.6) is 0 Å². The summed E-state index contributed by atoms with van der Waals surface area (Å²) in [5.74, 6) is -0.828. The maximum absolute atomic E-state index is 13.9. The molecule has 2 aromatic rings. The predicted molar refractivity (Wildman–Crippen MR) is 67.0 cm³/mol. The van der Waals surface area contributed by atoms with Crippen LogP contribution in [0.3, 0.4) is 0 Å². The molecule has 0 saturated heterocycles. The van der Waals surface area contributed by atoms with E-state index < -0.39 is 16.4 Å².